The zero-order chi connectivity index (χ0) is 26.5. The van der Waals surface area contributed by atoms with Gasteiger partial charge in [0, 0.05) is 54.4 Å². The number of para-hydroxylation sites is 1. The van der Waals surface area contributed by atoms with E-state index in [9.17, 15) is 9.59 Å². The van der Waals surface area contributed by atoms with Crippen molar-refractivity contribution in [1.29, 1.82) is 0 Å². The highest BCUT2D eigenvalue weighted by molar-refractivity contribution is 6.30. The second kappa shape index (κ2) is 11.6. The van der Waals surface area contributed by atoms with Crippen LogP contribution in [0.2, 0.25) is 5.02 Å². The summed E-state index contributed by atoms with van der Waals surface area (Å²) in [6.45, 7) is 2.88. The molecule has 38 heavy (non-hydrogen) atoms. The third kappa shape index (κ3) is 5.94. The first kappa shape index (κ1) is 25.7. The zero-order valence-corrected chi connectivity index (χ0v) is 21.8. The van der Waals surface area contributed by atoms with Crippen LogP contribution in [0.3, 0.4) is 0 Å². The van der Waals surface area contributed by atoms with Crippen LogP contribution in [0.4, 0.5) is 5.69 Å². The van der Waals surface area contributed by atoms with Gasteiger partial charge in [0.15, 0.2) is 0 Å². The molecule has 0 atom stereocenters. The fourth-order valence-electron chi connectivity index (χ4n) is 4.79. The first-order valence-corrected chi connectivity index (χ1v) is 13.2. The number of aliphatic carboxylic acids is 1. The molecule has 0 radical (unpaired) electrons. The molecule has 1 aromatic heterocycles. The van der Waals surface area contributed by atoms with Gasteiger partial charge in [0.25, 0.3) is 5.91 Å². The fourth-order valence-corrected chi connectivity index (χ4v) is 4.92. The van der Waals surface area contributed by atoms with E-state index in [4.69, 9.17) is 26.7 Å². The topological polar surface area (TPSA) is 86.6 Å². The lowest BCUT2D eigenvalue weighted by atomic mass is 10.0. The molecule has 1 fully saturated rings. The van der Waals surface area contributed by atoms with E-state index in [0.29, 0.717) is 54.0 Å². The average molecular weight is 529 g/mol. The van der Waals surface area contributed by atoms with Crippen LogP contribution in [0.25, 0.3) is 22.3 Å². The fraction of sp³-hybridized carbons (Fsp3) is 0.267. The summed E-state index contributed by atoms with van der Waals surface area (Å²) in [6.07, 6.45) is 1.95. The van der Waals surface area contributed by atoms with Gasteiger partial charge in [-0.2, -0.15) is 0 Å². The van der Waals surface area contributed by atoms with E-state index in [1.54, 1.807) is 0 Å². The molecule has 0 unspecified atom stereocenters. The summed E-state index contributed by atoms with van der Waals surface area (Å²) in [6, 6.07) is 23.2. The Morgan fingerprint density at radius 2 is 1.58 bits per heavy atom. The quantitative estimate of drug-likeness (QED) is 0.295. The summed E-state index contributed by atoms with van der Waals surface area (Å²) in [5.74, 6) is -0.813. The van der Waals surface area contributed by atoms with Crippen molar-refractivity contribution in [3.8, 4) is 11.3 Å². The number of hydrogen-bond donors (Lipinski definition) is 1. The Morgan fingerprint density at radius 3 is 2.29 bits per heavy atom. The molecule has 1 N–H and O–H groups in total. The molecule has 2 heterocycles. The molecule has 0 spiro atoms. The number of unbranched alkanes of at least 4 members (excludes halogenated alkanes) is 1. The molecule has 3 aromatic carbocycles. The summed E-state index contributed by atoms with van der Waals surface area (Å²) in [4.78, 5) is 38.3. The standard InChI is InChI=1S/C30H29ClN4O3/c31-23-13-10-21(11-14-23)29-26(8-4-5-9-28(36)37)32-27-20-22(12-15-25(27)33-29)30(38)35-18-16-34(17-19-35)24-6-2-1-3-7-24/h1-3,6-7,10-15,20H,4-5,8-9,16-19H2,(H,36,37). The number of piperazine rings is 1. The van der Waals surface area contributed by atoms with Crippen LogP contribution < -0.4 is 4.90 Å². The molecule has 1 saturated heterocycles. The number of hydrogen-bond acceptors (Lipinski definition) is 5. The number of benzene rings is 3. The van der Waals surface area contributed by atoms with E-state index >= 15 is 0 Å². The number of carbonyl (C=O) groups excluding carboxylic acids is 1. The van der Waals surface area contributed by atoms with E-state index < -0.39 is 5.97 Å². The van der Waals surface area contributed by atoms with Crippen molar-refractivity contribution in [2.24, 2.45) is 0 Å². The Hall–Kier alpha value is -3.97. The largest absolute Gasteiger partial charge is 0.481 e. The minimum Gasteiger partial charge on any atom is -0.481 e. The number of carboxylic acids is 1. The van der Waals surface area contributed by atoms with Gasteiger partial charge in [-0.3, -0.25) is 9.59 Å². The SMILES string of the molecule is O=C(O)CCCCc1nc2cc(C(=O)N3CCN(c4ccccc4)CC3)ccc2nc1-c1ccc(Cl)cc1. The van der Waals surface area contributed by atoms with Gasteiger partial charge in [0.2, 0.25) is 0 Å². The number of aromatic nitrogens is 2. The number of amides is 1. The van der Waals surface area contributed by atoms with Crippen molar-refractivity contribution < 1.29 is 14.7 Å². The minimum atomic E-state index is -0.805. The molecule has 1 aliphatic heterocycles. The highest BCUT2D eigenvalue weighted by Gasteiger charge is 2.23. The second-order valence-electron chi connectivity index (χ2n) is 9.44. The van der Waals surface area contributed by atoms with Gasteiger partial charge in [0.05, 0.1) is 22.4 Å². The first-order chi connectivity index (χ1) is 18.5. The predicted octanol–water partition coefficient (Wildman–Crippen LogP) is 5.71. The van der Waals surface area contributed by atoms with Gasteiger partial charge in [-0.25, -0.2) is 9.97 Å². The molecule has 0 aliphatic carbocycles. The van der Waals surface area contributed by atoms with Crippen LogP contribution in [0.5, 0.6) is 0 Å². The number of nitrogens with zero attached hydrogens (tertiary/aromatic N) is 4. The molecule has 0 saturated carbocycles. The Bertz CT molecular complexity index is 1440. The summed E-state index contributed by atoms with van der Waals surface area (Å²) in [5, 5.41) is 9.63. The molecular formula is C30H29ClN4O3. The predicted molar refractivity (Wildman–Crippen MR) is 150 cm³/mol. The number of aryl methyl sites for hydroxylation is 1. The van der Waals surface area contributed by atoms with Gasteiger partial charge in [0.1, 0.15) is 0 Å². The zero-order valence-electron chi connectivity index (χ0n) is 21.0. The Kier molecular flexibility index (Phi) is 7.84. The number of fused-ring (bicyclic) bond motifs is 1. The molecule has 0 bridgehead atoms. The third-order valence-corrected chi connectivity index (χ3v) is 7.10. The van der Waals surface area contributed by atoms with Crippen LogP contribution in [-0.4, -0.2) is 58.0 Å². The van der Waals surface area contributed by atoms with Gasteiger partial charge >= 0.3 is 5.97 Å². The number of carboxylic acid groups (broad SMARTS) is 1. The molecule has 1 amide bonds. The molecule has 194 valence electrons. The first-order valence-electron chi connectivity index (χ1n) is 12.9. The number of carbonyl (C=O) groups is 2. The van der Waals surface area contributed by atoms with Crippen molar-refractivity contribution in [3.63, 3.8) is 0 Å². The van der Waals surface area contributed by atoms with Crippen molar-refractivity contribution >= 4 is 40.2 Å². The van der Waals surface area contributed by atoms with E-state index in [2.05, 4.69) is 17.0 Å². The smallest absolute Gasteiger partial charge is 0.303 e. The summed E-state index contributed by atoms with van der Waals surface area (Å²) in [7, 11) is 0. The Morgan fingerprint density at radius 1 is 0.842 bits per heavy atom. The molecule has 7 nitrogen and oxygen atoms in total. The second-order valence-corrected chi connectivity index (χ2v) is 9.88. The van der Waals surface area contributed by atoms with Crippen LogP contribution in [0, 0.1) is 0 Å². The monoisotopic (exact) mass is 528 g/mol. The van der Waals surface area contributed by atoms with Crippen molar-refractivity contribution in [1.82, 2.24) is 14.9 Å². The van der Waals surface area contributed by atoms with Crippen molar-refractivity contribution in [2.45, 2.75) is 25.7 Å². The summed E-state index contributed by atoms with van der Waals surface area (Å²) < 4.78 is 0. The lowest BCUT2D eigenvalue weighted by molar-refractivity contribution is -0.137. The lowest BCUT2D eigenvalue weighted by Crippen LogP contribution is -2.48. The van der Waals surface area contributed by atoms with Gasteiger partial charge in [-0.05, 0) is 61.7 Å². The number of rotatable bonds is 8. The van der Waals surface area contributed by atoms with Crippen LogP contribution in [0.15, 0.2) is 72.8 Å². The van der Waals surface area contributed by atoms with Gasteiger partial charge in [-0.15, -0.1) is 0 Å². The normalized spacial score (nSPS) is 13.6. The average Bonchev–Trinajstić information content (AvgIpc) is 2.95. The van der Waals surface area contributed by atoms with Crippen molar-refractivity contribution in [2.75, 3.05) is 31.1 Å². The van der Waals surface area contributed by atoms with Crippen LogP contribution in [0.1, 0.15) is 35.3 Å². The van der Waals surface area contributed by atoms with E-state index in [-0.39, 0.29) is 12.3 Å². The maximum atomic E-state index is 13.4. The lowest BCUT2D eigenvalue weighted by Gasteiger charge is -2.36. The van der Waals surface area contributed by atoms with Crippen LogP contribution >= 0.6 is 11.6 Å². The maximum absolute atomic E-state index is 13.4. The maximum Gasteiger partial charge on any atom is 0.303 e. The molecule has 8 heteroatoms. The Balaban J connectivity index is 1.37. The highest BCUT2D eigenvalue weighted by Crippen LogP contribution is 2.27. The van der Waals surface area contributed by atoms with Gasteiger partial charge < -0.3 is 14.9 Å². The van der Waals surface area contributed by atoms with E-state index in [1.807, 2.05) is 65.6 Å². The van der Waals surface area contributed by atoms with Crippen molar-refractivity contribution in [3.05, 3.63) is 89.1 Å². The molecule has 1 aliphatic rings. The minimum absolute atomic E-state index is 0.00815. The number of halogens is 1. The molecular weight excluding hydrogens is 500 g/mol. The van der Waals surface area contributed by atoms with Crippen LogP contribution in [-0.2, 0) is 11.2 Å². The van der Waals surface area contributed by atoms with E-state index in [1.165, 1.54) is 5.69 Å². The Labute approximate surface area is 226 Å². The van der Waals surface area contributed by atoms with E-state index in [0.717, 1.165) is 30.0 Å². The highest BCUT2D eigenvalue weighted by atomic mass is 35.5. The van der Waals surface area contributed by atoms with Gasteiger partial charge in [-0.1, -0.05) is 41.9 Å². The summed E-state index contributed by atoms with van der Waals surface area (Å²) in [5.41, 5.74) is 5.56. The third-order valence-electron chi connectivity index (χ3n) is 6.84. The molecule has 4 aromatic rings. The molecule has 5 rings (SSSR count). The summed E-state index contributed by atoms with van der Waals surface area (Å²) >= 11 is 6.09. The number of anilines is 1.